The predicted octanol–water partition coefficient (Wildman–Crippen LogP) is 2.64. The number of phenolic OH excluding ortho intramolecular Hbond substituents is 1. The van der Waals surface area contributed by atoms with Crippen LogP contribution in [0.25, 0.3) is 22.6 Å². The van der Waals surface area contributed by atoms with Crippen molar-refractivity contribution in [2.24, 2.45) is 0 Å². The topological polar surface area (TPSA) is 61.8 Å². The Hall–Kier alpha value is -2.36. The van der Waals surface area contributed by atoms with Crippen LogP contribution in [-0.4, -0.2) is 20.1 Å². The minimum atomic E-state index is 0.229. The maximum atomic E-state index is 9.44. The minimum absolute atomic E-state index is 0.229. The summed E-state index contributed by atoms with van der Waals surface area (Å²) in [4.78, 5) is 11.9. The van der Waals surface area contributed by atoms with Crippen LogP contribution in [0.15, 0.2) is 36.4 Å². The Balaban J connectivity index is 2.18. The fourth-order valence-electron chi connectivity index (χ4n) is 1.78. The van der Waals surface area contributed by atoms with Crippen molar-refractivity contribution in [3.8, 4) is 17.1 Å². The molecule has 17 heavy (non-hydrogen) atoms. The summed E-state index contributed by atoms with van der Waals surface area (Å²) < 4.78 is 0. The second kappa shape index (κ2) is 3.59. The van der Waals surface area contributed by atoms with Crippen molar-refractivity contribution in [2.75, 3.05) is 0 Å². The second-order valence-electron chi connectivity index (χ2n) is 3.96. The highest BCUT2D eigenvalue weighted by Crippen LogP contribution is 2.22. The molecule has 0 aliphatic rings. The van der Waals surface area contributed by atoms with Gasteiger partial charge < -0.3 is 10.1 Å². The standard InChI is InChI=1S/C13H11N3O/c1-8-5-6-11-13(14-8)16-12(15-11)9-3-2-4-10(17)7-9/h2-7,17H,1H3,(H,14,15,16). The zero-order valence-corrected chi connectivity index (χ0v) is 9.31. The first-order valence-corrected chi connectivity index (χ1v) is 5.35. The first-order valence-electron chi connectivity index (χ1n) is 5.35. The lowest BCUT2D eigenvalue weighted by Gasteiger charge is -1.96. The van der Waals surface area contributed by atoms with Crippen LogP contribution in [0.3, 0.4) is 0 Å². The van der Waals surface area contributed by atoms with E-state index in [4.69, 9.17) is 0 Å². The maximum absolute atomic E-state index is 9.44. The largest absolute Gasteiger partial charge is 0.508 e. The quantitative estimate of drug-likeness (QED) is 0.669. The number of fused-ring (bicyclic) bond motifs is 1. The first kappa shape index (κ1) is 9.84. The van der Waals surface area contributed by atoms with Crippen molar-refractivity contribution in [2.45, 2.75) is 6.92 Å². The summed E-state index contributed by atoms with van der Waals surface area (Å²) in [6.45, 7) is 1.93. The van der Waals surface area contributed by atoms with E-state index in [1.54, 1.807) is 18.2 Å². The van der Waals surface area contributed by atoms with Gasteiger partial charge in [0.1, 0.15) is 11.6 Å². The molecule has 0 radical (unpaired) electrons. The lowest BCUT2D eigenvalue weighted by atomic mass is 10.2. The minimum Gasteiger partial charge on any atom is -0.508 e. The number of aromatic amines is 1. The van der Waals surface area contributed by atoms with Crippen molar-refractivity contribution in [1.29, 1.82) is 0 Å². The van der Waals surface area contributed by atoms with Gasteiger partial charge in [-0.3, -0.25) is 0 Å². The second-order valence-corrected chi connectivity index (χ2v) is 3.96. The van der Waals surface area contributed by atoms with E-state index in [1.165, 1.54) is 0 Å². The van der Waals surface area contributed by atoms with Gasteiger partial charge in [0.05, 0.1) is 5.52 Å². The molecule has 3 aromatic rings. The van der Waals surface area contributed by atoms with E-state index >= 15 is 0 Å². The highest BCUT2D eigenvalue weighted by Gasteiger charge is 2.06. The number of nitrogens with zero attached hydrogens (tertiary/aromatic N) is 2. The van der Waals surface area contributed by atoms with Crippen LogP contribution >= 0.6 is 0 Å². The number of phenols is 1. The van der Waals surface area contributed by atoms with Crippen LogP contribution < -0.4 is 0 Å². The molecule has 84 valence electrons. The monoisotopic (exact) mass is 225 g/mol. The van der Waals surface area contributed by atoms with E-state index in [0.717, 1.165) is 16.8 Å². The SMILES string of the molecule is Cc1ccc2[nH]c(-c3cccc(O)c3)nc2n1. The van der Waals surface area contributed by atoms with Crippen molar-refractivity contribution < 1.29 is 5.11 Å². The van der Waals surface area contributed by atoms with Crippen LogP contribution in [0.1, 0.15) is 5.69 Å². The highest BCUT2D eigenvalue weighted by molar-refractivity contribution is 5.76. The number of pyridine rings is 1. The number of H-pyrrole nitrogens is 1. The third kappa shape index (κ3) is 1.73. The van der Waals surface area contributed by atoms with Crippen LogP contribution in [-0.2, 0) is 0 Å². The zero-order chi connectivity index (χ0) is 11.8. The number of nitrogens with one attached hydrogen (secondary N) is 1. The Morgan fingerprint density at radius 1 is 1.12 bits per heavy atom. The van der Waals surface area contributed by atoms with E-state index in [2.05, 4.69) is 15.0 Å². The number of imidazole rings is 1. The molecule has 0 spiro atoms. The van der Waals surface area contributed by atoms with Crippen molar-refractivity contribution >= 4 is 11.2 Å². The van der Waals surface area contributed by atoms with Gasteiger partial charge in [0, 0.05) is 11.3 Å². The molecule has 2 heterocycles. The Kier molecular flexibility index (Phi) is 2.08. The third-order valence-electron chi connectivity index (χ3n) is 2.60. The smallest absolute Gasteiger partial charge is 0.178 e. The van der Waals surface area contributed by atoms with Gasteiger partial charge in [-0.15, -0.1) is 0 Å². The number of aryl methyl sites for hydroxylation is 1. The molecule has 4 nitrogen and oxygen atoms in total. The summed E-state index contributed by atoms with van der Waals surface area (Å²) in [6.07, 6.45) is 0. The highest BCUT2D eigenvalue weighted by atomic mass is 16.3. The Morgan fingerprint density at radius 2 is 2.00 bits per heavy atom. The molecule has 1 aromatic carbocycles. The molecule has 0 aliphatic carbocycles. The third-order valence-corrected chi connectivity index (χ3v) is 2.60. The molecule has 3 rings (SSSR count). The molecule has 0 aliphatic heterocycles. The van der Waals surface area contributed by atoms with Crippen LogP contribution in [0.2, 0.25) is 0 Å². The molecular formula is C13H11N3O. The van der Waals surface area contributed by atoms with E-state index < -0.39 is 0 Å². The van der Waals surface area contributed by atoms with E-state index in [1.807, 2.05) is 25.1 Å². The fourth-order valence-corrected chi connectivity index (χ4v) is 1.78. The van der Waals surface area contributed by atoms with Gasteiger partial charge in [-0.05, 0) is 31.2 Å². The Morgan fingerprint density at radius 3 is 2.82 bits per heavy atom. The lowest BCUT2D eigenvalue weighted by molar-refractivity contribution is 0.475. The van der Waals surface area contributed by atoms with Crippen molar-refractivity contribution in [1.82, 2.24) is 15.0 Å². The maximum Gasteiger partial charge on any atom is 0.178 e. The lowest BCUT2D eigenvalue weighted by Crippen LogP contribution is -1.81. The summed E-state index contributed by atoms with van der Waals surface area (Å²) in [5.74, 6) is 0.945. The van der Waals surface area contributed by atoms with Crippen molar-refractivity contribution in [3.63, 3.8) is 0 Å². The number of benzene rings is 1. The van der Waals surface area contributed by atoms with Crippen LogP contribution in [0.5, 0.6) is 5.75 Å². The van der Waals surface area contributed by atoms with Gasteiger partial charge >= 0.3 is 0 Å². The fraction of sp³-hybridized carbons (Fsp3) is 0.0769. The number of rotatable bonds is 1. The number of aromatic nitrogens is 3. The van der Waals surface area contributed by atoms with E-state index in [9.17, 15) is 5.11 Å². The van der Waals surface area contributed by atoms with Gasteiger partial charge in [0.25, 0.3) is 0 Å². The summed E-state index contributed by atoms with van der Waals surface area (Å²) in [5, 5.41) is 9.44. The summed E-state index contributed by atoms with van der Waals surface area (Å²) in [6, 6.07) is 10.9. The summed E-state index contributed by atoms with van der Waals surface area (Å²) in [5.41, 5.74) is 3.38. The number of aromatic hydroxyl groups is 1. The molecule has 0 fully saturated rings. The molecule has 0 saturated carbocycles. The molecule has 0 bridgehead atoms. The van der Waals surface area contributed by atoms with E-state index in [-0.39, 0.29) is 5.75 Å². The Labute approximate surface area is 98.0 Å². The van der Waals surface area contributed by atoms with Gasteiger partial charge in [0.2, 0.25) is 0 Å². The van der Waals surface area contributed by atoms with E-state index in [0.29, 0.717) is 11.5 Å². The van der Waals surface area contributed by atoms with Crippen molar-refractivity contribution in [3.05, 3.63) is 42.1 Å². The predicted molar refractivity (Wildman–Crippen MR) is 65.7 cm³/mol. The summed E-state index contributed by atoms with van der Waals surface area (Å²) in [7, 11) is 0. The van der Waals surface area contributed by atoms with Crippen LogP contribution in [0, 0.1) is 6.92 Å². The summed E-state index contributed by atoms with van der Waals surface area (Å²) >= 11 is 0. The molecule has 4 heteroatoms. The molecular weight excluding hydrogens is 214 g/mol. The van der Waals surface area contributed by atoms with Gasteiger partial charge in [-0.1, -0.05) is 12.1 Å². The molecule has 0 amide bonds. The normalized spacial score (nSPS) is 10.9. The van der Waals surface area contributed by atoms with Gasteiger partial charge in [-0.2, -0.15) is 0 Å². The molecule has 0 atom stereocenters. The van der Waals surface area contributed by atoms with Gasteiger partial charge in [0.15, 0.2) is 5.65 Å². The average molecular weight is 225 g/mol. The van der Waals surface area contributed by atoms with Gasteiger partial charge in [-0.25, -0.2) is 9.97 Å². The molecule has 0 saturated heterocycles. The molecule has 2 aromatic heterocycles. The first-order chi connectivity index (χ1) is 8.22. The van der Waals surface area contributed by atoms with Crippen LogP contribution in [0.4, 0.5) is 0 Å². The molecule has 0 unspecified atom stereocenters. The zero-order valence-electron chi connectivity index (χ0n) is 9.31. The molecule has 2 N–H and O–H groups in total. The Bertz CT molecular complexity index is 688. The average Bonchev–Trinajstić information content (AvgIpc) is 2.72. The number of hydrogen-bond donors (Lipinski definition) is 2. The number of hydrogen-bond acceptors (Lipinski definition) is 3.